The highest BCUT2D eigenvalue weighted by Crippen LogP contribution is 2.29. The predicted molar refractivity (Wildman–Crippen MR) is 85.4 cm³/mol. The van der Waals surface area contributed by atoms with Crippen LogP contribution in [0.3, 0.4) is 0 Å². The number of carbonyl (C=O) groups is 1. The van der Waals surface area contributed by atoms with E-state index in [1.165, 1.54) is 18.4 Å². The monoisotopic (exact) mass is 289 g/mol. The summed E-state index contributed by atoms with van der Waals surface area (Å²) >= 11 is 0. The Morgan fingerprint density at radius 3 is 2.38 bits per heavy atom. The summed E-state index contributed by atoms with van der Waals surface area (Å²) in [4.78, 5) is 12.2. The zero-order chi connectivity index (χ0) is 15.2. The molecule has 116 valence electrons. The molecule has 0 spiro atoms. The Balaban J connectivity index is 1.89. The molecule has 2 unspecified atom stereocenters. The van der Waals surface area contributed by atoms with Crippen LogP contribution in [0.25, 0.3) is 0 Å². The van der Waals surface area contributed by atoms with Crippen LogP contribution in [0.2, 0.25) is 0 Å². The molecule has 1 aromatic rings. The summed E-state index contributed by atoms with van der Waals surface area (Å²) < 4.78 is 0. The second kappa shape index (κ2) is 7.60. The maximum absolute atomic E-state index is 12.2. The molecule has 1 fully saturated rings. The van der Waals surface area contributed by atoms with E-state index in [0.29, 0.717) is 24.3 Å². The number of rotatable bonds is 5. The summed E-state index contributed by atoms with van der Waals surface area (Å²) in [5.41, 5.74) is 1.97. The Kier molecular flexibility index (Phi) is 5.80. The lowest BCUT2D eigenvalue weighted by atomic mass is 9.79. The van der Waals surface area contributed by atoms with Gasteiger partial charge >= 0.3 is 0 Å². The zero-order valence-corrected chi connectivity index (χ0v) is 13.1. The number of hydrogen-bond donors (Lipinski definition) is 2. The molecule has 0 aliphatic heterocycles. The molecule has 1 amide bonds. The quantitative estimate of drug-likeness (QED) is 0.873. The number of amides is 1. The Labute approximate surface area is 127 Å². The normalized spacial score (nSPS) is 22.3. The van der Waals surface area contributed by atoms with Gasteiger partial charge in [0.15, 0.2) is 0 Å². The number of aliphatic hydroxyl groups is 1. The minimum Gasteiger partial charge on any atom is -0.396 e. The Hall–Kier alpha value is -1.35. The van der Waals surface area contributed by atoms with Crippen LogP contribution in [0, 0.1) is 11.8 Å². The summed E-state index contributed by atoms with van der Waals surface area (Å²) in [6.45, 7) is 5.21. The van der Waals surface area contributed by atoms with E-state index < -0.39 is 0 Å². The first-order valence-electron chi connectivity index (χ1n) is 8.10. The Morgan fingerprint density at radius 2 is 1.81 bits per heavy atom. The van der Waals surface area contributed by atoms with Gasteiger partial charge in [0.2, 0.25) is 0 Å². The fourth-order valence-corrected chi connectivity index (χ4v) is 3.14. The third kappa shape index (κ3) is 4.31. The van der Waals surface area contributed by atoms with E-state index in [9.17, 15) is 9.90 Å². The van der Waals surface area contributed by atoms with Crippen molar-refractivity contribution in [2.45, 2.75) is 45.4 Å². The molecule has 2 rings (SSSR count). The van der Waals surface area contributed by atoms with Crippen LogP contribution < -0.4 is 5.32 Å². The van der Waals surface area contributed by atoms with Gasteiger partial charge in [-0.2, -0.15) is 0 Å². The third-order valence-electron chi connectivity index (χ3n) is 4.67. The van der Waals surface area contributed by atoms with Crippen molar-refractivity contribution in [3.05, 3.63) is 35.4 Å². The summed E-state index contributed by atoms with van der Waals surface area (Å²) in [6.07, 6.45) is 4.60. The van der Waals surface area contributed by atoms with Gasteiger partial charge < -0.3 is 10.4 Å². The lowest BCUT2D eigenvalue weighted by Crippen LogP contribution is -2.35. The van der Waals surface area contributed by atoms with Crippen molar-refractivity contribution in [1.29, 1.82) is 0 Å². The second-order valence-electron chi connectivity index (χ2n) is 6.47. The van der Waals surface area contributed by atoms with Gasteiger partial charge in [0.1, 0.15) is 0 Å². The molecule has 0 radical (unpaired) electrons. The number of hydrogen-bond acceptors (Lipinski definition) is 2. The third-order valence-corrected chi connectivity index (χ3v) is 4.67. The first-order chi connectivity index (χ1) is 10.1. The van der Waals surface area contributed by atoms with Gasteiger partial charge in [-0.1, -0.05) is 38.8 Å². The van der Waals surface area contributed by atoms with Gasteiger partial charge in [-0.15, -0.1) is 0 Å². The van der Waals surface area contributed by atoms with E-state index in [0.717, 1.165) is 18.4 Å². The Morgan fingerprint density at radius 1 is 1.19 bits per heavy atom. The maximum Gasteiger partial charge on any atom is 0.251 e. The topological polar surface area (TPSA) is 49.3 Å². The minimum absolute atomic E-state index is 0.00688. The smallest absolute Gasteiger partial charge is 0.251 e. The van der Waals surface area contributed by atoms with Crippen LogP contribution in [-0.4, -0.2) is 24.2 Å². The molecular weight excluding hydrogens is 262 g/mol. The van der Waals surface area contributed by atoms with Crippen LogP contribution in [0.5, 0.6) is 0 Å². The van der Waals surface area contributed by atoms with Crippen molar-refractivity contribution in [2.24, 2.45) is 11.8 Å². The molecule has 2 N–H and O–H groups in total. The molecule has 0 aromatic heterocycles. The van der Waals surface area contributed by atoms with Crippen molar-refractivity contribution < 1.29 is 9.90 Å². The van der Waals surface area contributed by atoms with Crippen molar-refractivity contribution in [3.8, 4) is 0 Å². The molecule has 0 bridgehead atoms. The van der Waals surface area contributed by atoms with Crippen molar-refractivity contribution >= 4 is 5.91 Å². The van der Waals surface area contributed by atoms with Crippen molar-refractivity contribution in [1.82, 2.24) is 5.32 Å². The molecule has 1 aliphatic rings. The largest absolute Gasteiger partial charge is 0.396 e. The second-order valence-corrected chi connectivity index (χ2v) is 6.47. The van der Waals surface area contributed by atoms with Gasteiger partial charge in [-0.25, -0.2) is 0 Å². The summed E-state index contributed by atoms with van der Waals surface area (Å²) in [5.74, 6) is 1.24. The first-order valence-corrected chi connectivity index (χ1v) is 8.10. The zero-order valence-electron chi connectivity index (χ0n) is 13.1. The maximum atomic E-state index is 12.2. The number of aliphatic hydroxyl groups excluding tert-OH is 1. The molecule has 0 heterocycles. The molecule has 0 saturated heterocycles. The molecule has 1 aromatic carbocycles. The lowest BCUT2D eigenvalue weighted by Gasteiger charge is -2.30. The lowest BCUT2D eigenvalue weighted by molar-refractivity contribution is 0.0909. The highest BCUT2D eigenvalue weighted by Gasteiger charge is 2.24. The van der Waals surface area contributed by atoms with E-state index in [2.05, 4.69) is 19.2 Å². The molecule has 1 aliphatic carbocycles. The van der Waals surface area contributed by atoms with Crippen LogP contribution in [-0.2, 0) is 0 Å². The van der Waals surface area contributed by atoms with Crippen LogP contribution in [0.4, 0.5) is 0 Å². The highest BCUT2D eigenvalue weighted by molar-refractivity contribution is 5.94. The summed E-state index contributed by atoms with van der Waals surface area (Å²) in [6, 6.07) is 7.84. The molecule has 3 heteroatoms. The fraction of sp³-hybridized carbons (Fsp3) is 0.611. The van der Waals surface area contributed by atoms with E-state index in [1.54, 1.807) is 0 Å². The summed E-state index contributed by atoms with van der Waals surface area (Å²) in [7, 11) is 0. The van der Waals surface area contributed by atoms with E-state index >= 15 is 0 Å². The van der Waals surface area contributed by atoms with E-state index in [4.69, 9.17) is 0 Å². The van der Waals surface area contributed by atoms with Crippen molar-refractivity contribution in [3.63, 3.8) is 0 Å². The first kappa shape index (κ1) is 16.0. The van der Waals surface area contributed by atoms with Gasteiger partial charge in [-0.3, -0.25) is 4.79 Å². The molecular formula is C18H27NO2. The average molecular weight is 289 g/mol. The summed E-state index contributed by atoms with van der Waals surface area (Å²) in [5, 5.41) is 12.4. The molecule has 2 atom stereocenters. The average Bonchev–Trinajstić information content (AvgIpc) is 2.52. The van der Waals surface area contributed by atoms with Crippen molar-refractivity contribution in [2.75, 3.05) is 13.2 Å². The van der Waals surface area contributed by atoms with Gasteiger partial charge in [0.25, 0.3) is 5.91 Å². The fourth-order valence-electron chi connectivity index (χ4n) is 3.14. The number of benzene rings is 1. The minimum atomic E-state index is -0.00688. The predicted octanol–water partition coefficient (Wildman–Crippen LogP) is 3.34. The Bertz CT molecular complexity index is 453. The number of nitrogens with one attached hydrogen (secondary N) is 1. The number of carbonyl (C=O) groups excluding carboxylic acids is 1. The van der Waals surface area contributed by atoms with Crippen LogP contribution in [0.1, 0.15) is 61.4 Å². The van der Waals surface area contributed by atoms with Gasteiger partial charge in [0.05, 0.1) is 0 Å². The molecule has 3 nitrogen and oxygen atoms in total. The van der Waals surface area contributed by atoms with E-state index in [1.807, 2.05) is 24.3 Å². The van der Waals surface area contributed by atoms with Gasteiger partial charge in [0, 0.05) is 18.7 Å². The SMILES string of the molecule is CC(C)c1ccc(C(=O)NCC2CCCCC2CO)cc1. The van der Waals surface area contributed by atoms with E-state index in [-0.39, 0.29) is 12.5 Å². The van der Waals surface area contributed by atoms with Gasteiger partial charge in [-0.05, 0) is 48.3 Å². The molecule has 1 saturated carbocycles. The highest BCUT2D eigenvalue weighted by atomic mass is 16.3. The standard InChI is InChI=1S/C18H27NO2/c1-13(2)14-7-9-15(10-8-14)18(21)19-11-16-5-3-4-6-17(16)12-20/h7-10,13,16-17,20H,3-6,11-12H2,1-2H3,(H,19,21). The van der Waals surface area contributed by atoms with Crippen LogP contribution in [0.15, 0.2) is 24.3 Å². The molecule has 21 heavy (non-hydrogen) atoms. The van der Waals surface area contributed by atoms with Crippen LogP contribution >= 0.6 is 0 Å².